The zero-order valence-corrected chi connectivity index (χ0v) is 13.1. The van der Waals surface area contributed by atoms with E-state index in [9.17, 15) is 9.59 Å². The van der Waals surface area contributed by atoms with E-state index in [-0.39, 0.29) is 30.7 Å². The fourth-order valence-corrected chi connectivity index (χ4v) is 2.00. The SMILES string of the molecule is CC(C)[C@H](CC(=O)O)NC(=O)Cc1ccc(N(C)C)cc1. The van der Waals surface area contributed by atoms with Crippen LogP contribution in [0.3, 0.4) is 0 Å². The number of anilines is 1. The molecule has 0 aromatic heterocycles. The number of amides is 1. The number of carboxylic acid groups (broad SMARTS) is 1. The van der Waals surface area contributed by atoms with E-state index in [1.807, 2.05) is 57.1 Å². The Morgan fingerprint density at radius 2 is 1.76 bits per heavy atom. The molecule has 0 unspecified atom stereocenters. The van der Waals surface area contributed by atoms with Gasteiger partial charge in [-0.05, 0) is 23.6 Å². The van der Waals surface area contributed by atoms with Crippen molar-refractivity contribution in [1.29, 1.82) is 0 Å². The number of hydrogen-bond acceptors (Lipinski definition) is 3. The number of aliphatic carboxylic acids is 1. The van der Waals surface area contributed by atoms with Gasteiger partial charge in [0, 0.05) is 25.8 Å². The number of carboxylic acids is 1. The Hall–Kier alpha value is -2.04. The van der Waals surface area contributed by atoms with Gasteiger partial charge >= 0.3 is 5.97 Å². The highest BCUT2D eigenvalue weighted by Gasteiger charge is 2.19. The minimum Gasteiger partial charge on any atom is -0.481 e. The number of nitrogens with one attached hydrogen (secondary N) is 1. The number of carbonyl (C=O) groups is 2. The third-order valence-corrected chi connectivity index (χ3v) is 3.36. The van der Waals surface area contributed by atoms with Crippen LogP contribution >= 0.6 is 0 Å². The summed E-state index contributed by atoms with van der Waals surface area (Å²) < 4.78 is 0. The number of rotatable bonds is 7. The Balaban J connectivity index is 2.61. The van der Waals surface area contributed by atoms with E-state index in [1.54, 1.807) is 0 Å². The molecule has 5 heteroatoms. The normalized spacial score (nSPS) is 12.0. The molecule has 0 saturated heterocycles. The Morgan fingerprint density at radius 1 is 1.19 bits per heavy atom. The highest BCUT2D eigenvalue weighted by atomic mass is 16.4. The fourth-order valence-electron chi connectivity index (χ4n) is 2.00. The first-order valence-corrected chi connectivity index (χ1v) is 7.07. The van der Waals surface area contributed by atoms with Gasteiger partial charge in [0.1, 0.15) is 0 Å². The van der Waals surface area contributed by atoms with Crippen LogP contribution in [-0.4, -0.2) is 37.1 Å². The molecule has 21 heavy (non-hydrogen) atoms. The lowest BCUT2D eigenvalue weighted by Gasteiger charge is -2.20. The van der Waals surface area contributed by atoms with Crippen LogP contribution < -0.4 is 10.2 Å². The summed E-state index contributed by atoms with van der Waals surface area (Å²) in [6.45, 7) is 3.81. The van der Waals surface area contributed by atoms with Crippen molar-refractivity contribution in [2.45, 2.75) is 32.7 Å². The van der Waals surface area contributed by atoms with Gasteiger partial charge in [-0.25, -0.2) is 0 Å². The molecule has 0 aliphatic rings. The molecule has 1 amide bonds. The molecule has 0 fully saturated rings. The van der Waals surface area contributed by atoms with Gasteiger partial charge in [0.25, 0.3) is 0 Å². The molecule has 2 N–H and O–H groups in total. The molecule has 1 atom stereocenters. The van der Waals surface area contributed by atoms with Crippen LogP contribution in [0.4, 0.5) is 5.69 Å². The molecule has 1 aromatic rings. The molecule has 1 aromatic carbocycles. The first kappa shape index (κ1) is 17.0. The minimum atomic E-state index is -0.899. The van der Waals surface area contributed by atoms with Gasteiger partial charge in [-0.3, -0.25) is 9.59 Å². The van der Waals surface area contributed by atoms with Crippen molar-refractivity contribution in [3.8, 4) is 0 Å². The Kier molecular flexibility index (Phi) is 6.21. The van der Waals surface area contributed by atoms with Gasteiger partial charge < -0.3 is 15.3 Å². The van der Waals surface area contributed by atoms with Crippen molar-refractivity contribution in [3.05, 3.63) is 29.8 Å². The minimum absolute atomic E-state index is 0.0526. The summed E-state index contributed by atoms with van der Waals surface area (Å²) in [7, 11) is 3.92. The van der Waals surface area contributed by atoms with Crippen molar-refractivity contribution in [1.82, 2.24) is 5.32 Å². The third kappa shape index (κ3) is 5.85. The average Bonchev–Trinajstić information content (AvgIpc) is 2.37. The van der Waals surface area contributed by atoms with Crippen LogP contribution in [-0.2, 0) is 16.0 Å². The van der Waals surface area contributed by atoms with Crippen LogP contribution in [0.5, 0.6) is 0 Å². The summed E-state index contributed by atoms with van der Waals surface area (Å²) in [6.07, 6.45) is 0.208. The Labute approximate surface area is 126 Å². The van der Waals surface area contributed by atoms with Crippen LogP contribution in [0.2, 0.25) is 0 Å². The highest BCUT2D eigenvalue weighted by Crippen LogP contribution is 2.13. The van der Waals surface area contributed by atoms with Gasteiger partial charge in [-0.15, -0.1) is 0 Å². The largest absolute Gasteiger partial charge is 0.481 e. The van der Waals surface area contributed by atoms with E-state index in [0.29, 0.717) is 0 Å². The summed E-state index contributed by atoms with van der Waals surface area (Å²) in [5, 5.41) is 11.7. The lowest BCUT2D eigenvalue weighted by atomic mass is 10.0. The second-order valence-electron chi connectivity index (χ2n) is 5.75. The third-order valence-electron chi connectivity index (χ3n) is 3.36. The van der Waals surface area contributed by atoms with E-state index >= 15 is 0 Å². The first-order chi connectivity index (χ1) is 9.79. The molecule has 0 aliphatic heterocycles. The maximum absolute atomic E-state index is 12.0. The van der Waals surface area contributed by atoms with E-state index in [1.165, 1.54) is 0 Å². The smallest absolute Gasteiger partial charge is 0.305 e. The molecule has 0 saturated carbocycles. The van der Waals surface area contributed by atoms with Crippen LogP contribution in [0, 0.1) is 5.92 Å². The molecule has 0 aliphatic carbocycles. The zero-order chi connectivity index (χ0) is 16.0. The standard InChI is InChI=1S/C16H24N2O3/c1-11(2)14(10-16(20)21)17-15(19)9-12-5-7-13(8-6-12)18(3)4/h5-8,11,14H,9-10H2,1-4H3,(H,17,19)(H,20,21)/t14-/m0/s1. The van der Waals surface area contributed by atoms with Crippen molar-refractivity contribution < 1.29 is 14.7 Å². The lowest BCUT2D eigenvalue weighted by molar-refractivity contribution is -0.138. The molecule has 0 bridgehead atoms. The van der Waals surface area contributed by atoms with E-state index in [0.717, 1.165) is 11.3 Å². The molecule has 0 heterocycles. The predicted molar refractivity (Wildman–Crippen MR) is 83.5 cm³/mol. The fraction of sp³-hybridized carbons (Fsp3) is 0.500. The first-order valence-electron chi connectivity index (χ1n) is 7.07. The van der Waals surface area contributed by atoms with Crippen LogP contribution in [0.15, 0.2) is 24.3 Å². The molecule has 0 radical (unpaired) electrons. The summed E-state index contributed by atoms with van der Waals surface area (Å²) in [5.74, 6) is -0.960. The molecule has 116 valence electrons. The Morgan fingerprint density at radius 3 is 2.19 bits per heavy atom. The van der Waals surface area contributed by atoms with Crippen LogP contribution in [0.25, 0.3) is 0 Å². The second kappa shape index (κ2) is 7.67. The van der Waals surface area contributed by atoms with Crippen molar-refractivity contribution >= 4 is 17.6 Å². The van der Waals surface area contributed by atoms with Gasteiger partial charge in [0.05, 0.1) is 12.8 Å². The lowest BCUT2D eigenvalue weighted by Crippen LogP contribution is -2.40. The molecular formula is C16H24N2O3. The monoisotopic (exact) mass is 292 g/mol. The molecule has 1 rings (SSSR count). The number of carbonyl (C=O) groups excluding carboxylic acids is 1. The highest BCUT2D eigenvalue weighted by molar-refractivity contribution is 5.79. The van der Waals surface area contributed by atoms with Crippen molar-refractivity contribution in [2.24, 2.45) is 5.92 Å². The zero-order valence-electron chi connectivity index (χ0n) is 13.1. The van der Waals surface area contributed by atoms with Crippen LogP contribution in [0.1, 0.15) is 25.8 Å². The molecule has 5 nitrogen and oxygen atoms in total. The van der Waals surface area contributed by atoms with Gasteiger partial charge in [-0.2, -0.15) is 0 Å². The number of nitrogens with zero attached hydrogens (tertiary/aromatic N) is 1. The van der Waals surface area contributed by atoms with E-state index in [2.05, 4.69) is 5.32 Å². The quantitative estimate of drug-likeness (QED) is 0.805. The molecular weight excluding hydrogens is 268 g/mol. The maximum atomic E-state index is 12.0. The number of hydrogen-bond donors (Lipinski definition) is 2. The van der Waals surface area contributed by atoms with E-state index in [4.69, 9.17) is 5.11 Å². The molecule has 0 spiro atoms. The van der Waals surface area contributed by atoms with E-state index < -0.39 is 5.97 Å². The van der Waals surface area contributed by atoms with Gasteiger partial charge in [0.2, 0.25) is 5.91 Å². The summed E-state index contributed by atoms with van der Waals surface area (Å²) >= 11 is 0. The summed E-state index contributed by atoms with van der Waals surface area (Å²) in [5.41, 5.74) is 1.99. The maximum Gasteiger partial charge on any atom is 0.305 e. The summed E-state index contributed by atoms with van der Waals surface area (Å²) in [4.78, 5) is 24.8. The summed E-state index contributed by atoms with van der Waals surface area (Å²) in [6, 6.07) is 7.41. The topological polar surface area (TPSA) is 69.6 Å². The second-order valence-corrected chi connectivity index (χ2v) is 5.75. The predicted octanol–water partition coefficient (Wildman–Crippen LogP) is 1.91. The van der Waals surface area contributed by atoms with Crippen molar-refractivity contribution in [3.63, 3.8) is 0 Å². The Bertz CT molecular complexity index is 481. The average molecular weight is 292 g/mol. The van der Waals surface area contributed by atoms with Gasteiger partial charge in [-0.1, -0.05) is 26.0 Å². The van der Waals surface area contributed by atoms with Gasteiger partial charge in [0.15, 0.2) is 0 Å². The number of benzene rings is 1. The van der Waals surface area contributed by atoms with Crippen molar-refractivity contribution in [2.75, 3.05) is 19.0 Å².